The maximum Gasteiger partial charge on any atom is 0.322 e. The number of nitrogens with one attached hydrogen (secondary N) is 2. The minimum atomic E-state index is -0.930. The number of hydrogen-bond acceptors (Lipinski definition) is 2. The standard InChI is InChI=1S/C11H11BrN2O2/c1-2-11(9(15)13-10(16)14-11)7-4-3-5-8(12)6-7/h3-6H,2H2,1H3,(H2,13,14,15,16). The summed E-state index contributed by atoms with van der Waals surface area (Å²) < 4.78 is 0.881. The van der Waals surface area contributed by atoms with E-state index in [0.717, 1.165) is 10.0 Å². The molecule has 16 heavy (non-hydrogen) atoms. The second kappa shape index (κ2) is 3.90. The molecule has 1 aromatic rings. The number of amides is 3. The van der Waals surface area contributed by atoms with Gasteiger partial charge in [-0.05, 0) is 24.1 Å². The summed E-state index contributed by atoms with van der Waals surface area (Å²) in [7, 11) is 0. The van der Waals surface area contributed by atoms with Gasteiger partial charge >= 0.3 is 6.03 Å². The number of rotatable bonds is 2. The van der Waals surface area contributed by atoms with Gasteiger partial charge in [0.15, 0.2) is 0 Å². The van der Waals surface area contributed by atoms with Gasteiger partial charge in [-0.15, -0.1) is 0 Å². The van der Waals surface area contributed by atoms with Crippen molar-refractivity contribution in [2.45, 2.75) is 18.9 Å². The van der Waals surface area contributed by atoms with Crippen molar-refractivity contribution < 1.29 is 9.59 Å². The van der Waals surface area contributed by atoms with Gasteiger partial charge in [-0.1, -0.05) is 35.0 Å². The molecular weight excluding hydrogens is 272 g/mol. The smallest absolute Gasteiger partial charge is 0.319 e. The summed E-state index contributed by atoms with van der Waals surface area (Å²) in [4.78, 5) is 23.1. The fourth-order valence-electron chi connectivity index (χ4n) is 1.90. The average Bonchev–Trinajstić information content (AvgIpc) is 2.54. The Balaban J connectivity index is 2.50. The molecule has 1 atom stereocenters. The Bertz CT molecular complexity index is 461. The zero-order valence-corrected chi connectivity index (χ0v) is 10.3. The molecule has 5 heteroatoms. The van der Waals surface area contributed by atoms with Crippen LogP contribution in [0.25, 0.3) is 0 Å². The van der Waals surface area contributed by atoms with Gasteiger partial charge in [-0.25, -0.2) is 4.79 Å². The van der Waals surface area contributed by atoms with Crippen LogP contribution in [0.1, 0.15) is 18.9 Å². The first kappa shape index (κ1) is 11.1. The summed E-state index contributed by atoms with van der Waals surface area (Å²) in [6, 6.07) is 6.95. The summed E-state index contributed by atoms with van der Waals surface area (Å²) >= 11 is 3.35. The van der Waals surface area contributed by atoms with Crippen molar-refractivity contribution in [2.75, 3.05) is 0 Å². The first-order chi connectivity index (χ1) is 7.58. The molecule has 0 aliphatic carbocycles. The Labute approximate surface area is 102 Å². The zero-order chi connectivity index (χ0) is 11.8. The SMILES string of the molecule is CCC1(c2cccc(Br)c2)NC(=O)NC1=O. The van der Waals surface area contributed by atoms with Crippen LogP contribution in [0.5, 0.6) is 0 Å². The molecule has 0 spiro atoms. The van der Waals surface area contributed by atoms with Gasteiger partial charge in [-0.3, -0.25) is 10.1 Å². The Kier molecular flexibility index (Phi) is 2.71. The average molecular weight is 283 g/mol. The fourth-order valence-corrected chi connectivity index (χ4v) is 2.30. The molecule has 3 amide bonds. The highest BCUT2D eigenvalue weighted by Gasteiger charge is 2.46. The van der Waals surface area contributed by atoms with E-state index < -0.39 is 11.6 Å². The van der Waals surface area contributed by atoms with E-state index in [9.17, 15) is 9.59 Å². The van der Waals surface area contributed by atoms with Crippen molar-refractivity contribution in [2.24, 2.45) is 0 Å². The van der Waals surface area contributed by atoms with Gasteiger partial charge in [0.2, 0.25) is 0 Å². The van der Waals surface area contributed by atoms with E-state index in [4.69, 9.17) is 0 Å². The number of carbonyl (C=O) groups excluding carboxylic acids is 2. The number of carbonyl (C=O) groups is 2. The predicted molar refractivity (Wildman–Crippen MR) is 62.8 cm³/mol. The summed E-state index contributed by atoms with van der Waals surface area (Å²) in [5.74, 6) is -0.293. The van der Waals surface area contributed by atoms with Crippen molar-refractivity contribution in [3.05, 3.63) is 34.3 Å². The highest BCUT2D eigenvalue weighted by Crippen LogP contribution is 2.29. The molecule has 1 saturated heterocycles. The lowest BCUT2D eigenvalue weighted by Gasteiger charge is -2.24. The summed E-state index contributed by atoms with van der Waals surface area (Å²) in [5, 5.41) is 4.96. The van der Waals surface area contributed by atoms with Crippen LogP contribution in [0, 0.1) is 0 Å². The molecule has 1 heterocycles. The van der Waals surface area contributed by atoms with E-state index >= 15 is 0 Å². The molecule has 1 aliphatic rings. The molecule has 0 radical (unpaired) electrons. The van der Waals surface area contributed by atoms with Gasteiger partial charge in [-0.2, -0.15) is 0 Å². The van der Waals surface area contributed by atoms with Crippen LogP contribution in [0.15, 0.2) is 28.7 Å². The van der Waals surface area contributed by atoms with Crippen LogP contribution in [-0.2, 0) is 10.3 Å². The van der Waals surface area contributed by atoms with Crippen LogP contribution in [-0.4, -0.2) is 11.9 Å². The monoisotopic (exact) mass is 282 g/mol. The Morgan fingerprint density at radius 3 is 2.62 bits per heavy atom. The van der Waals surface area contributed by atoms with E-state index in [1.807, 2.05) is 31.2 Å². The second-order valence-corrected chi connectivity index (χ2v) is 4.59. The van der Waals surface area contributed by atoms with E-state index in [-0.39, 0.29) is 5.91 Å². The number of halogens is 1. The van der Waals surface area contributed by atoms with Gasteiger partial charge in [0, 0.05) is 4.47 Å². The number of imide groups is 1. The fraction of sp³-hybridized carbons (Fsp3) is 0.273. The van der Waals surface area contributed by atoms with Crippen molar-refractivity contribution in [3.63, 3.8) is 0 Å². The molecule has 2 rings (SSSR count). The second-order valence-electron chi connectivity index (χ2n) is 3.68. The van der Waals surface area contributed by atoms with Gasteiger partial charge in [0.25, 0.3) is 5.91 Å². The Morgan fingerprint density at radius 1 is 1.38 bits per heavy atom. The third-order valence-corrected chi connectivity index (χ3v) is 3.28. The maximum atomic E-state index is 11.8. The molecule has 1 aliphatic heterocycles. The minimum absolute atomic E-state index is 0.293. The molecule has 0 saturated carbocycles. The lowest BCUT2D eigenvalue weighted by molar-refractivity contribution is -0.124. The van der Waals surface area contributed by atoms with Gasteiger partial charge in [0.1, 0.15) is 5.54 Å². The molecule has 4 nitrogen and oxygen atoms in total. The highest BCUT2D eigenvalue weighted by molar-refractivity contribution is 9.10. The minimum Gasteiger partial charge on any atom is -0.319 e. The van der Waals surface area contributed by atoms with Crippen LogP contribution >= 0.6 is 15.9 Å². The first-order valence-electron chi connectivity index (χ1n) is 4.98. The van der Waals surface area contributed by atoms with Crippen LogP contribution in [0.4, 0.5) is 4.79 Å². The van der Waals surface area contributed by atoms with Crippen molar-refractivity contribution >= 4 is 27.9 Å². The molecule has 2 N–H and O–H groups in total. The molecule has 1 unspecified atom stereocenters. The third-order valence-electron chi connectivity index (χ3n) is 2.79. The topological polar surface area (TPSA) is 58.2 Å². The quantitative estimate of drug-likeness (QED) is 0.814. The van der Waals surface area contributed by atoms with E-state index in [1.165, 1.54) is 0 Å². The number of benzene rings is 1. The first-order valence-corrected chi connectivity index (χ1v) is 5.77. The number of hydrogen-bond donors (Lipinski definition) is 2. The van der Waals surface area contributed by atoms with E-state index in [0.29, 0.717) is 6.42 Å². The van der Waals surface area contributed by atoms with E-state index in [2.05, 4.69) is 26.6 Å². The molecule has 84 valence electrons. The normalized spacial score (nSPS) is 24.1. The predicted octanol–water partition coefficient (Wildman–Crippen LogP) is 1.89. The summed E-state index contributed by atoms with van der Waals surface area (Å²) in [6.45, 7) is 1.87. The molecule has 0 aromatic heterocycles. The van der Waals surface area contributed by atoms with Crippen LogP contribution in [0.3, 0.4) is 0 Å². The van der Waals surface area contributed by atoms with Gasteiger partial charge in [0.05, 0.1) is 0 Å². The molecular formula is C11H11BrN2O2. The van der Waals surface area contributed by atoms with E-state index in [1.54, 1.807) is 0 Å². The highest BCUT2D eigenvalue weighted by atomic mass is 79.9. The maximum absolute atomic E-state index is 11.8. The Morgan fingerprint density at radius 2 is 2.12 bits per heavy atom. The molecule has 1 fully saturated rings. The van der Waals surface area contributed by atoms with Gasteiger partial charge < -0.3 is 5.32 Å². The largest absolute Gasteiger partial charge is 0.322 e. The third kappa shape index (κ3) is 1.61. The summed E-state index contributed by atoms with van der Waals surface area (Å²) in [6.07, 6.45) is 0.515. The van der Waals surface area contributed by atoms with Crippen LogP contribution < -0.4 is 10.6 Å². The molecule has 1 aromatic carbocycles. The number of urea groups is 1. The summed E-state index contributed by atoms with van der Waals surface area (Å²) in [5.41, 5.74) is -0.145. The zero-order valence-electron chi connectivity index (χ0n) is 8.71. The Hall–Kier alpha value is -1.36. The van der Waals surface area contributed by atoms with Crippen molar-refractivity contribution in [3.8, 4) is 0 Å². The van der Waals surface area contributed by atoms with Crippen LogP contribution in [0.2, 0.25) is 0 Å². The molecule has 0 bridgehead atoms. The van der Waals surface area contributed by atoms with Crippen molar-refractivity contribution in [1.29, 1.82) is 0 Å². The lowest BCUT2D eigenvalue weighted by Crippen LogP contribution is -2.43. The van der Waals surface area contributed by atoms with Crippen molar-refractivity contribution in [1.82, 2.24) is 10.6 Å². The lowest BCUT2D eigenvalue weighted by atomic mass is 9.87.